The number of hydrogen-bond donors (Lipinski definition) is 3. The molecule has 0 bridgehead atoms. The zero-order valence-electron chi connectivity index (χ0n) is 15.9. The van der Waals surface area contributed by atoms with Gasteiger partial charge in [0.1, 0.15) is 5.82 Å². The maximum absolute atomic E-state index is 13.0. The summed E-state index contributed by atoms with van der Waals surface area (Å²) in [7, 11) is 0. The van der Waals surface area contributed by atoms with Crippen LogP contribution in [0, 0.1) is 5.82 Å². The number of nitrogens with zero attached hydrogens (tertiary/aromatic N) is 1. The van der Waals surface area contributed by atoms with E-state index >= 15 is 0 Å². The summed E-state index contributed by atoms with van der Waals surface area (Å²) in [6, 6.07) is 22.1. The number of nitrogens with one attached hydrogen (secondary N) is 3. The Bertz CT molecular complexity index is 1030. The van der Waals surface area contributed by atoms with Gasteiger partial charge in [0.25, 0.3) is 0 Å². The van der Waals surface area contributed by atoms with Crippen molar-refractivity contribution in [2.75, 3.05) is 16.8 Å². The Morgan fingerprint density at radius 2 is 1.50 bits per heavy atom. The number of amides is 1. The lowest BCUT2D eigenvalue weighted by Gasteiger charge is -2.32. The number of carbonyl (C=O) groups excluding carboxylic acids is 1. The van der Waals surface area contributed by atoms with Crippen molar-refractivity contribution in [3.63, 3.8) is 0 Å². The number of carbonyl (C=O) groups is 1. The van der Waals surface area contributed by atoms with Crippen LogP contribution < -0.4 is 21.1 Å². The molecule has 0 aromatic heterocycles. The van der Waals surface area contributed by atoms with E-state index in [-0.39, 0.29) is 23.3 Å². The molecule has 1 amide bonds. The molecule has 30 heavy (non-hydrogen) atoms. The fraction of sp³-hybridized carbons (Fsp3) is 0.0909. The van der Waals surface area contributed by atoms with Gasteiger partial charge in [-0.2, -0.15) is 0 Å². The van der Waals surface area contributed by atoms with Gasteiger partial charge >= 0.3 is 0 Å². The fourth-order valence-electron chi connectivity index (χ4n) is 3.12. The van der Waals surface area contributed by atoms with Gasteiger partial charge < -0.3 is 10.2 Å². The quantitative estimate of drug-likeness (QED) is 0.401. The van der Waals surface area contributed by atoms with Crippen LogP contribution in [0.2, 0.25) is 0 Å². The van der Waals surface area contributed by atoms with E-state index in [1.807, 2.05) is 24.3 Å². The molecule has 3 aromatic rings. The highest BCUT2D eigenvalue weighted by Gasteiger charge is 2.23. The summed E-state index contributed by atoms with van der Waals surface area (Å²) in [5.41, 5.74) is 8.09. The second kappa shape index (κ2) is 9.15. The molecule has 3 N–H and O–H groups in total. The van der Waals surface area contributed by atoms with E-state index < -0.39 is 0 Å². The van der Waals surface area contributed by atoms with Crippen molar-refractivity contribution in [2.24, 2.45) is 0 Å². The average molecular weight is 439 g/mol. The summed E-state index contributed by atoms with van der Waals surface area (Å²) in [4.78, 5) is 16.9. The van der Waals surface area contributed by atoms with Gasteiger partial charge in [-0.15, -0.1) is 0 Å². The van der Waals surface area contributed by atoms with E-state index in [9.17, 15) is 9.18 Å². The Hall–Kier alpha value is -3.10. The van der Waals surface area contributed by atoms with Crippen molar-refractivity contribution < 1.29 is 9.18 Å². The first kappa shape index (κ1) is 20.2. The molecule has 1 aliphatic rings. The molecule has 1 heterocycles. The zero-order chi connectivity index (χ0) is 20.9. The highest BCUT2D eigenvalue weighted by molar-refractivity contribution is 7.99. The van der Waals surface area contributed by atoms with Gasteiger partial charge in [0.2, 0.25) is 5.91 Å². The van der Waals surface area contributed by atoms with Gasteiger partial charge in [-0.05, 0) is 60.7 Å². The van der Waals surface area contributed by atoms with E-state index in [1.54, 1.807) is 23.9 Å². The van der Waals surface area contributed by atoms with E-state index in [0.717, 1.165) is 11.4 Å². The van der Waals surface area contributed by atoms with Crippen LogP contribution in [0.15, 0.2) is 82.6 Å². The molecular weight excluding hydrogens is 419 g/mol. The lowest BCUT2D eigenvalue weighted by molar-refractivity contribution is -0.121. The number of benzene rings is 3. The highest BCUT2D eigenvalue weighted by Crippen LogP contribution is 2.47. The van der Waals surface area contributed by atoms with E-state index in [0.29, 0.717) is 12.2 Å². The minimum atomic E-state index is -0.327. The SMILES string of the molecule is O=C(CCN1c2ccccc2Sc2ccccc21)NNC(=S)Nc1ccc(F)cc1. The average Bonchev–Trinajstić information content (AvgIpc) is 2.76. The smallest absolute Gasteiger partial charge is 0.240 e. The molecule has 0 radical (unpaired) electrons. The van der Waals surface area contributed by atoms with Crippen LogP contribution in [-0.2, 0) is 4.79 Å². The third-order valence-corrected chi connectivity index (χ3v) is 5.85. The van der Waals surface area contributed by atoms with Crippen molar-refractivity contribution in [1.82, 2.24) is 10.9 Å². The van der Waals surface area contributed by atoms with E-state index in [1.165, 1.54) is 21.9 Å². The van der Waals surface area contributed by atoms with Crippen LogP contribution in [0.1, 0.15) is 6.42 Å². The predicted octanol–water partition coefficient (Wildman–Crippen LogP) is 4.84. The van der Waals surface area contributed by atoms with Crippen LogP contribution in [-0.4, -0.2) is 17.6 Å². The molecule has 0 spiro atoms. The van der Waals surface area contributed by atoms with Crippen LogP contribution in [0.3, 0.4) is 0 Å². The standard InChI is InChI=1S/C22H19FN4OS2/c23-15-9-11-16(12-10-15)24-22(29)26-25-21(28)13-14-27-17-5-1-3-7-19(17)30-20-8-4-2-6-18(20)27/h1-12H,13-14H2,(H,25,28)(H2,24,26,29). The maximum atomic E-state index is 13.0. The van der Waals surface area contributed by atoms with Gasteiger partial charge in [-0.3, -0.25) is 15.6 Å². The Labute approximate surface area is 183 Å². The molecule has 1 aliphatic heterocycles. The van der Waals surface area contributed by atoms with Crippen LogP contribution in [0.25, 0.3) is 0 Å². The van der Waals surface area contributed by atoms with Gasteiger partial charge in [-0.25, -0.2) is 4.39 Å². The van der Waals surface area contributed by atoms with Gasteiger partial charge in [0.05, 0.1) is 11.4 Å². The number of thiocarbonyl (C=S) groups is 1. The number of halogens is 1. The summed E-state index contributed by atoms with van der Waals surface area (Å²) in [5, 5.41) is 3.10. The molecule has 0 aliphatic carbocycles. The normalized spacial score (nSPS) is 11.8. The molecule has 0 unspecified atom stereocenters. The predicted molar refractivity (Wildman–Crippen MR) is 123 cm³/mol. The monoisotopic (exact) mass is 438 g/mol. The Morgan fingerprint density at radius 1 is 0.900 bits per heavy atom. The molecule has 3 aromatic carbocycles. The van der Waals surface area contributed by atoms with Crippen LogP contribution in [0.5, 0.6) is 0 Å². The molecule has 4 rings (SSSR count). The zero-order valence-corrected chi connectivity index (χ0v) is 17.5. The number of hydrogen-bond acceptors (Lipinski definition) is 4. The van der Waals surface area contributed by atoms with Crippen molar-refractivity contribution in [3.05, 3.63) is 78.6 Å². The largest absolute Gasteiger partial charge is 0.339 e. The number of para-hydroxylation sites is 2. The Kier molecular flexibility index (Phi) is 6.15. The summed E-state index contributed by atoms with van der Waals surface area (Å²) in [5.74, 6) is -0.515. The topological polar surface area (TPSA) is 56.4 Å². The van der Waals surface area contributed by atoms with E-state index in [4.69, 9.17) is 12.2 Å². The summed E-state index contributed by atoms with van der Waals surface area (Å²) >= 11 is 6.89. The highest BCUT2D eigenvalue weighted by atomic mass is 32.2. The van der Waals surface area contributed by atoms with Crippen molar-refractivity contribution in [2.45, 2.75) is 16.2 Å². The number of rotatable bonds is 4. The molecule has 8 heteroatoms. The molecule has 0 saturated heterocycles. The first-order chi connectivity index (χ1) is 14.6. The molecule has 152 valence electrons. The Balaban J connectivity index is 1.34. The van der Waals surface area contributed by atoms with Gasteiger partial charge in [0, 0.05) is 28.4 Å². The van der Waals surface area contributed by atoms with Crippen molar-refractivity contribution in [1.29, 1.82) is 0 Å². The molecular formula is C22H19FN4OS2. The molecule has 0 saturated carbocycles. The first-order valence-corrected chi connectivity index (χ1v) is 10.6. The second-order valence-electron chi connectivity index (χ2n) is 6.57. The van der Waals surface area contributed by atoms with Crippen molar-refractivity contribution >= 4 is 52.1 Å². The maximum Gasteiger partial charge on any atom is 0.240 e. The molecule has 0 fully saturated rings. The molecule has 0 atom stereocenters. The third-order valence-electron chi connectivity index (χ3n) is 4.51. The molecule has 5 nitrogen and oxygen atoms in total. The third kappa shape index (κ3) is 4.72. The number of anilines is 3. The lowest BCUT2D eigenvalue weighted by atomic mass is 10.2. The second-order valence-corrected chi connectivity index (χ2v) is 8.07. The summed E-state index contributed by atoms with van der Waals surface area (Å²) < 4.78 is 13.0. The minimum absolute atomic E-state index is 0.188. The summed E-state index contributed by atoms with van der Waals surface area (Å²) in [6.07, 6.45) is 0.277. The number of hydrazine groups is 1. The first-order valence-electron chi connectivity index (χ1n) is 9.35. The van der Waals surface area contributed by atoms with Crippen LogP contribution in [0.4, 0.5) is 21.5 Å². The van der Waals surface area contributed by atoms with Crippen LogP contribution >= 0.6 is 24.0 Å². The fourth-order valence-corrected chi connectivity index (χ4v) is 4.38. The van der Waals surface area contributed by atoms with Crippen molar-refractivity contribution in [3.8, 4) is 0 Å². The van der Waals surface area contributed by atoms with Gasteiger partial charge in [0.15, 0.2) is 5.11 Å². The lowest BCUT2D eigenvalue weighted by Crippen LogP contribution is -2.44. The van der Waals surface area contributed by atoms with Gasteiger partial charge in [-0.1, -0.05) is 36.0 Å². The Morgan fingerprint density at radius 3 is 2.13 bits per heavy atom. The van der Waals surface area contributed by atoms with E-state index in [2.05, 4.69) is 45.3 Å². The summed E-state index contributed by atoms with van der Waals surface area (Å²) in [6.45, 7) is 0.528. The minimum Gasteiger partial charge on any atom is -0.339 e. The number of fused-ring (bicyclic) bond motifs is 2.